The maximum atomic E-state index is 13.6. The van der Waals surface area contributed by atoms with Gasteiger partial charge in [-0.25, -0.2) is 8.78 Å². The van der Waals surface area contributed by atoms with Gasteiger partial charge in [0.05, 0.1) is 0 Å². The first-order valence-corrected chi connectivity index (χ1v) is 6.50. The van der Waals surface area contributed by atoms with E-state index >= 15 is 0 Å². The predicted octanol–water partition coefficient (Wildman–Crippen LogP) is 3.87. The molecule has 1 amide bonds. The molecule has 20 heavy (non-hydrogen) atoms. The van der Waals surface area contributed by atoms with E-state index in [1.165, 1.54) is 12.1 Å². The number of rotatable bonds is 2. The zero-order chi connectivity index (χ0) is 14.9. The lowest BCUT2D eigenvalue weighted by atomic mass is 10.1. The number of aryl methyl sites for hydroxylation is 1. The van der Waals surface area contributed by atoms with Crippen molar-refractivity contribution < 1.29 is 13.6 Å². The molecule has 2 aromatic carbocycles. The van der Waals surface area contributed by atoms with Crippen molar-refractivity contribution in [3.63, 3.8) is 0 Å². The van der Waals surface area contributed by atoms with Crippen LogP contribution in [0.3, 0.4) is 0 Å². The van der Waals surface area contributed by atoms with Gasteiger partial charge in [0.25, 0.3) is 5.91 Å². The summed E-state index contributed by atoms with van der Waals surface area (Å²) in [6, 6.07) is 6.80. The first-order valence-electron chi connectivity index (χ1n) is 5.70. The minimum absolute atomic E-state index is 0.231. The van der Waals surface area contributed by atoms with Crippen molar-refractivity contribution in [2.75, 3.05) is 11.1 Å². The number of carbonyl (C=O) groups excluding carboxylic acids is 1. The van der Waals surface area contributed by atoms with Crippen LogP contribution in [0.4, 0.5) is 20.2 Å². The molecule has 0 radical (unpaired) electrons. The molecule has 0 saturated heterocycles. The fraction of sp³-hybridized carbons (Fsp3) is 0.0714. The van der Waals surface area contributed by atoms with Crippen molar-refractivity contribution in [3.05, 3.63) is 57.6 Å². The zero-order valence-electron chi connectivity index (χ0n) is 10.5. The highest BCUT2D eigenvalue weighted by Gasteiger charge is 2.15. The standard InChI is InChI=1S/C14H11BrF2N2O/c1-7-2-3-8(4-12(7)18)14(20)19-13-10(16)5-9(15)6-11(13)17/h2-6H,18H2,1H3,(H,19,20). The Morgan fingerprint density at radius 1 is 1.20 bits per heavy atom. The van der Waals surface area contributed by atoms with Gasteiger partial charge in [0.15, 0.2) is 11.6 Å². The van der Waals surface area contributed by atoms with Gasteiger partial charge >= 0.3 is 0 Å². The van der Waals surface area contributed by atoms with E-state index in [9.17, 15) is 13.6 Å². The summed E-state index contributed by atoms with van der Waals surface area (Å²) in [5, 5.41) is 2.20. The Kier molecular flexibility index (Phi) is 4.04. The van der Waals surface area contributed by atoms with Crippen LogP contribution in [0.25, 0.3) is 0 Å². The topological polar surface area (TPSA) is 55.1 Å². The quantitative estimate of drug-likeness (QED) is 0.815. The first kappa shape index (κ1) is 14.5. The van der Waals surface area contributed by atoms with Crippen molar-refractivity contribution in [3.8, 4) is 0 Å². The van der Waals surface area contributed by atoms with Crippen LogP contribution in [0.15, 0.2) is 34.8 Å². The molecule has 0 atom stereocenters. The molecule has 0 aliphatic carbocycles. The lowest BCUT2D eigenvalue weighted by molar-refractivity contribution is 0.102. The van der Waals surface area contributed by atoms with E-state index in [-0.39, 0.29) is 10.0 Å². The van der Waals surface area contributed by atoms with Crippen molar-refractivity contribution in [1.29, 1.82) is 0 Å². The molecule has 6 heteroatoms. The molecule has 3 N–H and O–H groups in total. The molecule has 0 saturated carbocycles. The third kappa shape index (κ3) is 2.96. The molecule has 0 aromatic heterocycles. The molecule has 2 aromatic rings. The summed E-state index contributed by atoms with van der Waals surface area (Å²) in [7, 11) is 0. The number of hydrogen-bond acceptors (Lipinski definition) is 2. The monoisotopic (exact) mass is 340 g/mol. The maximum Gasteiger partial charge on any atom is 0.255 e. The second kappa shape index (κ2) is 5.58. The third-order valence-corrected chi connectivity index (χ3v) is 3.24. The number of hydrogen-bond donors (Lipinski definition) is 2. The number of halogens is 3. The molecule has 3 nitrogen and oxygen atoms in total. The highest BCUT2D eigenvalue weighted by atomic mass is 79.9. The number of nitrogens with one attached hydrogen (secondary N) is 1. The van der Waals surface area contributed by atoms with Crippen LogP contribution in [0.1, 0.15) is 15.9 Å². The Morgan fingerprint density at radius 2 is 1.80 bits per heavy atom. The van der Waals surface area contributed by atoms with E-state index in [0.717, 1.165) is 17.7 Å². The highest BCUT2D eigenvalue weighted by molar-refractivity contribution is 9.10. The Bertz CT molecular complexity index is 666. The highest BCUT2D eigenvalue weighted by Crippen LogP contribution is 2.24. The van der Waals surface area contributed by atoms with Crippen LogP contribution in [0, 0.1) is 18.6 Å². The predicted molar refractivity (Wildman–Crippen MR) is 77.6 cm³/mol. The number of benzene rings is 2. The average molecular weight is 341 g/mol. The van der Waals surface area contributed by atoms with Gasteiger partial charge in [0.1, 0.15) is 5.69 Å². The molecule has 0 fully saturated rings. The summed E-state index contributed by atoms with van der Waals surface area (Å²) in [6.45, 7) is 1.80. The Morgan fingerprint density at radius 3 is 2.35 bits per heavy atom. The average Bonchev–Trinajstić information content (AvgIpc) is 2.36. The summed E-state index contributed by atoms with van der Waals surface area (Å²) >= 11 is 2.97. The number of amides is 1. The second-order valence-electron chi connectivity index (χ2n) is 4.27. The normalized spacial score (nSPS) is 10.4. The van der Waals surface area contributed by atoms with E-state index in [4.69, 9.17) is 5.73 Å². The molecule has 0 heterocycles. The summed E-state index contributed by atoms with van der Waals surface area (Å²) in [5.41, 5.74) is 6.70. The first-order chi connectivity index (χ1) is 9.38. The third-order valence-electron chi connectivity index (χ3n) is 2.79. The Balaban J connectivity index is 2.30. The van der Waals surface area contributed by atoms with Crippen molar-refractivity contribution in [1.82, 2.24) is 0 Å². The van der Waals surface area contributed by atoms with Crippen LogP contribution in [-0.4, -0.2) is 5.91 Å². The molecule has 0 aliphatic heterocycles. The van der Waals surface area contributed by atoms with Gasteiger partial charge < -0.3 is 11.1 Å². The van der Waals surface area contributed by atoms with E-state index in [1.54, 1.807) is 13.0 Å². The van der Waals surface area contributed by atoms with Gasteiger partial charge in [-0.1, -0.05) is 22.0 Å². The van der Waals surface area contributed by atoms with Gasteiger partial charge in [0.2, 0.25) is 0 Å². The minimum Gasteiger partial charge on any atom is -0.398 e. The number of anilines is 2. The van der Waals surface area contributed by atoms with Crippen LogP contribution in [-0.2, 0) is 0 Å². The summed E-state index contributed by atoms with van der Waals surface area (Å²) in [4.78, 5) is 12.0. The molecule has 104 valence electrons. The van der Waals surface area contributed by atoms with E-state index < -0.39 is 23.2 Å². The van der Waals surface area contributed by atoms with Gasteiger partial charge in [-0.05, 0) is 36.8 Å². The van der Waals surface area contributed by atoms with Crippen LogP contribution in [0.2, 0.25) is 0 Å². The number of carbonyl (C=O) groups is 1. The van der Waals surface area contributed by atoms with Gasteiger partial charge in [-0.2, -0.15) is 0 Å². The number of nitrogens with two attached hydrogens (primary N) is 1. The molecule has 0 spiro atoms. The second-order valence-corrected chi connectivity index (χ2v) is 5.19. The summed E-state index contributed by atoms with van der Waals surface area (Å²) in [6.07, 6.45) is 0. The number of nitrogen functional groups attached to an aromatic ring is 1. The van der Waals surface area contributed by atoms with Gasteiger partial charge in [-0.15, -0.1) is 0 Å². The van der Waals surface area contributed by atoms with Crippen molar-refractivity contribution in [2.24, 2.45) is 0 Å². The lowest BCUT2D eigenvalue weighted by Gasteiger charge is -2.09. The van der Waals surface area contributed by atoms with E-state index in [0.29, 0.717) is 5.69 Å². The lowest BCUT2D eigenvalue weighted by Crippen LogP contribution is -2.14. The van der Waals surface area contributed by atoms with Gasteiger partial charge in [-0.3, -0.25) is 4.79 Å². The molecule has 2 rings (SSSR count). The largest absolute Gasteiger partial charge is 0.398 e. The van der Waals surface area contributed by atoms with E-state index in [2.05, 4.69) is 21.2 Å². The molecular formula is C14H11BrF2N2O. The molecule has 0 aliphatic rings. The smallest absolute Gasteiger partial charge is 0.255 e. The van der Waals surface area contributed by atoms with E-state index in [1.807, 2.05) is 0 Å². The Hall–Kier alpha value is -1.95. The Labute approximate surface area is 122 Å². The van der Waals surface area contributed by atoms with Crippen molar-refractivity contribution in [2.45, 2.75) is 6.92 Å². The van der Waals surface area contributed by atoms with Gasteiger partial charge in [0, 0.05) is 15.7 Å². The van der Waals surface area contributed by atoms with Crippen LogP contribution in [0.5, 0.6) is 0 Å². The molecule has 0 bridgehead atoms. The maximum absolute atomic E-state index is 13.6. The van der Waals surface area contributed by atoms with Crippen LogP contribution >= 0.6 is 15.9 Å². The molecular weight excluding hydrogens is 330 g/mol. The zero-order valence-corrected chi connectivity index (χ0v) is 12.1. The van der Waals surface area contributed by atoms with Crippen molar-refractivity contribution >= 4 is 33.2 Å². The fourth-order valence-corrected chi connectivity index (χ4v) is 2.03. The fourth-order valence-electron chi connectivity index (χ4n) is 1.63. The molecule has 0 unspecified atom stereocenters. The summed E-state index contributed by atoms with van der Waals surface area (Å²) in [5.74, 6) is -2.34. The van der Waals surface area contributed by atoms with Crippen LogP contribution < -0.4 is 11.1 Å². The SMILES string of the molecule is Cc1ccc(C(=O)Nc2c(F)cc(Br)cc2F)cc1N. The summed E-state index contributed by atoms with van der Waals surface area (Å²) < 4.78 is 27.5. The minimum atomic E-state index is -0.856.